The standard InChI is InChI=1S/C25H29ClN4O3/c1-3-33-24(31)22-20(27-25(32)28-23(22)18-7-5-4-6-8-18)16-29-11-13-30(14-12-29)21-15-19(26)10-9-17(21)2/h4-10,15,23H,3,11-14,16H2,1-2H3,(H2,27,28,32)/t23-/m0/s1. The predicted molar refractivity (Wildman–Crippen MR) is 129 cm³/mol. The minimum Gasteiger partial charge on any atom is -0.463 e. The van der Waals surface area contributed by atoms with E-state index in [0.29, 0.717) is 17.8 Å². The van der Waals surface area contributed by atoms with E-state index in [-0.39, 0.29) is 12.6 Å². The number of carbonyl (C=O) groups is 2. The zero-order valence-corrected chi connectivity index (χ0v) is 19.7. The number of nitrogens with zero attached hydrogens (tertiary/aromatic N) is 2. The second kappa shape index (κ2) is 10.3. The highest BCUT2D eigenvalue weighted by Crippen LogP contribution is 2.29. The van der Waals surface area contributed by atoms with Gasteiger partial charge in [0, 0.05) is 49.1 Å². The minimum absolute atomic E-state index is 0.267. The van der Waals surface area contributed by atoms with Gasteiger partial charge < -0.3 is 20.3 Å². The van der Waals surface area contributed by atoms with Gasteiger partial charge in [-0.05, 0) is 37.1 Å². The number of hydrogen-bond donors (Lipinski definition) is 2. The van der Waals surface area contributed by atoms with Crippen molar-refractivity contribution in [3.05, 3.63) is 76.0 Å². The lowest BCUT2D eigenvalue weighted by Gasteiger charge is -2.38. The third-order valence-electron chi connectivity index (χ3n) is 6.05. The number of amides is 2. The maximum atomic E-state index is 12.9. The molecule has 2 aliphatic rings. The number of urea groups is 1. The summed E-state index contributed by atoms with van der Waals surface area (Å²) in [4.78, 5) is 30.0. The number of aryl methyl sites for hydroxylation is 1. The van der Waals surface area contributed by atoms with Gasteiger partial charge in [0.1, 0.15) is 0 Å². The summed E-state index contributed by atoms with van der Waals surface area (Å²) in [5.74, 6) is -0.415. The first-order chi connectivity index (χ1) is 16.0. The van der Waals surface area contributed by atoms with Gasteiger partial charge in [0.2, 0.25) is 0 Å². The second-order valence-corrected chi connectivity index (χ2v) is 8.69. The molecule has 2 amide bonds. The van der Waals surface area contributed by atoms with Crippen molar-refractivity contribution in [2.24, 2.45) is 0 Å². The summed E-state index contributed by atoms with van der Waals surface area (Å²) in [6.45, 7) is 7.85. The molecule has 0 bridgehead atoms. The van der Waals surface area contributed by atoms with E-state index >= 15 is 0 Å². The Labute approximate surface area is 199 Å². The van der Waals surface area contributed by atoms with E-state index < -0.39 is 12.0 Å². The number of ether oxygens (including phenoxy) is 1. The van der Waals surface area contributed by atoms with E-state index in [2.05, 4.69) is 27.4 Å². The monoisotopic (exact) mass is 468 g/mol. The molecule has 0 unspecified atom stereocenters. The zero-order valence-electron chi connectivity index (χ0n) is 18.9. The Morgan fingerprint density at radius 1 is 1.12 bits per heavy atom. The van der Waals surface area contributed by atoms with Gasteiger partial charge in [0.05, 0.1) is 18.2 Å². The first kappa shape index (κ1) is 23.1. The molecular weight excluding hydrogens is 440 g/mol. The largest absolute Gasteiger partial charge is 0.463 e. The Balaban J connectivity index is 1.55. The van der Waals surface area contributed by atoms with Crippen molar-refractivity contribution in [1.29, 1.82) is 0 Å². The van der Waals surface area contributed by atoms with Crippen molar-refractivity contribution < 1.29 is 14.3 Å². The topological polar surface area (TPSA) is 73.9 Å². The van der Waals surface area contributed by atoms with Crippen LogP contribution in [0.4, 0.5) is 10.5 Å². The SMILES string of the molecule is CCOC(=O)C1=C(CN2CCN(c3cc(Cl)ccc3C)CC2)NC(=O)N[C@H]1c1ccccc1. The van der Waals surface area contributed by atoms with Crippen molar-refractivity contribution >= 4 is 29.3 Å². The number of carbonyl (C=O) groups excluding carboxylic acids is 2. The number of halogens is 1. The Morgan fingerprint density at radius 3 is 2.55 bits per heavy atom. The second-order valence-electron chi connectivity index (χ2n) is 8.25. The Morgan fingerprint density at radius 2 is 1.85 bits per heavy atom. The summed E-state index contributed by atoms with van der Waals surface area (Å²) in [6, 6.07) is 14.6. The number of benzene rings is 2. The maximum absolute atomic E-state index is 12.9. The molecule has 2 N–H and O–H groups in total. The van der Waals surface area contributed by atoms with Crippen molar-refractivity contribution in [1.82, 2.24) is 15.5 Å². The lowest BCUT2D eigenvalue weighted by atomic mass is 9.95. The molecule has 1 fully saturated rings. The molecule has 0 saturated carbocycles. The Hall–Kier alpha value is -3.03. The molecule has 4 rings (SSSR count). The van der Waals surface area contributed by atoms with Gasteiger partial charge in [-0.2, -0.15) is 0 Å². The molecule has 1 atom stereocenters. The highest BCUT2D eigenvalue weighted by molar-refractivity contribution is 6.30. The number of anilines is 1. The van der Waals surface area contributed by atoms with Crippen LogP contribution in [0.1, 0.15) is 24.1 Å². The fraction of sp³-hybridized carbons (Fsp3) is 0.360. The first-order valence-corrected chi connectivity index (χ1v) is 11.6. The normalized spacial score (nSPS) is 19.2. The van der Waals surface area contributed by atoms with Crippen LogP contribution in [0, 0.1) is 6.92 Å². The molecule has 0 spiro atoms. The number of piperazine rings is 1. The molecule has 7 nitrogen and oxygen atoms in total. The van der Waals surface area contributed by atoms with Crippen LogP contribution in [0.3, 0.4) is 0 Å². The Kier molecular flexibility index (Phi) is 7.20. The van der Waals surface area contributed by atoms with Gasteiger partial charge in [-0.25, -0.2) is 9.59 Å². The molecule has 174 valence electrons. The smallest absolute Gasteiger partial charge is 0.338 e. The third kappa shape index (κ3) is 5.31. The lowest BCUT2D eigenvalue weighted by molar-refractivity contribution is -0.139. The highest BCUT2D eigenvalue weighted by Gasteiger charge is 2.34. The molecule has 2 aliphatic heterocycles. The third-order valence-corrected chi connectivity index (χ3v) is 6.28. The number of esters is 1. The lowest BCUT2D eigenvalue weighted by Crippen LogP contribution is -2.52. The predicted octanol–water partition coefficient (Wildman–Crippen LogP) is 3.64. The fourth-order valence-corrected chi connectivity index (χ4v) is 4.55. The summed E-state index contributed by atoms with van der Waals surface area (Å²) in [5, 5.41) is 6.48. The van der Waals surface area contributed by atoms with Gasteiger partial charge in [-0.3, -0.25) is 4.90 Å². The van der Waals surface area contributed by atoms with E-state index in [1.165, 1.54) is 5.56 Å². The maximum Gasteiger partial charge on any atom is 0.338 e. The van der Waals surface area contributed by atoms with Crippen LogP contribution >= 0.6 is 11.6 Å². The van der Waals surface area contributed by atoms with E-state index in [9.17, 15) is 9.59 Å². The van der Waals surface area contributed by atoms with E-state index in [1.807, 2.05) is 48.5 Å². The van der Waals surface area contributed by atoms with Gasteiger partial charge in [-0.1, -0.05) is 48.0 Å². The van der Waals surface area contributed by atoms with E-state index in [1.54, 1.807) is 6.92 Å². The van der Waals surface area contributed by atoms with Crippen LogP contribution in [0.2, 0.25) is 5.02 Å². The zero-order chi connectivity index (χ0) is 23.4. The van der Waals surface area contributed by atoms with Crippen LogP contribution in [-0.2, 0) is 9.53 Å². The number of hydrogen-bond acceptors (Lipinski definition) is 5. The Bertz CT molecular complexity index is 1050. The molecule has 0 aromatic heterocycles. The molecule has 2 aromatic rings. The highest BCUT2D eigenvalue weighted by atomic mass is 35.5. The van der Waals surface area contributed by atoms with Crippen LogP contribution in [-0.4, -0.2) is 56.2 Å². The molecule has 0 radical (unpaired) electrons. The van der Waals surface area contributed by atoms with E-state index in [0.717, 1.165) is 42.5 Å². The van der Waals surface area contributed by atoms with E-state index in [4.69, 9.17) is 16.3 Å². The van der Waals surface area contributed by atoms with Crippen molar-refractivity contribution in [2.45, 2.75) is 19.9 Å². The summed E-state index contributed by atoms with van der Waals surface area (Å²) in [6.07, 6.45) is 0. The number of rotatable bonds is 6. The average Bonchev–Trinajstić information content (AvgIpc) is 2.81. The minimum atomic E-state index is -0.551. The van der Waals surface area contributed by atoms with Crippen LogP contribution in [0.25, 0.3) is 0 Å². The fourth-order valence-electron chi connectivity index (χ4n) is 4.38. The molecule has 2 aromatic carbocycles. The van der Waals surface area contributed by atoms with Gasteiger partial charge in [-0.15, -0.1) is 0 Å². The summed E-state index contributed by atoms with van der Waals surface area (Å²) in [7, 11) is 0. The van der Waals surface area contributed by atoms with Crippen molar-refractivity contribution in [3.63, 3.8) is 0 Å². The van der Waals surface area contributed by atoms with Crippen LogP contribution < -0.4 is 15.5 Å². The molecular formula is C25H29ClN4O3. The van der Waals surface area contributed by atoms with Crippen LogP contribution in [0.15, 0.2) is 59.8 Å². The van der Waals surface area contributed by atoms with Crippen LogP contribution in [0.5, 0.6) is 0 Å². The molecule has 8 heteroatoms. The van der Waals surface area contributed by atoms with Gasteiger partial charge >= 0.3 is 12.0 Å². The average molecular weight is 469 g/mol. The first-order valence-electron chi connectivity index (χ1n) is 11.2. The van der Waals surface area contributed by atoms with Gasteiger partial charge in [0.25, 0.3) is 0 Å². The van der Waals surface area contributed by atoms with Crippen molar-refractivity contribution in [2.75, 3.05) is 44.2 Å². The molecule has 33 heavy (non-hydrogen) atoms. The van der Waals surface area contributed by atoms with Gasteiger partial charge in [0.15, 0.2) is 0 Å². The molecule has 2 heterocycles. The summed E-state index contributed by atoms with van der Waals surface area (Å²) >= 11 is 6.21. The molecule has 0 aliphatic carbocycles. The van der Waals surface area contributed by atoms with Crippen molar-refractivity contribution in [3.8, 4) is 0 Å². The summed E-state index contributed by atoms with van der Waals surface area (Å²) in [5.41, 5.74) is 4.23. The molecule has 1 saturated heterocycles. The quantitative estimate of drug-likeness (QED) is 0.633. The summed E-state index contributed by atoms with van der Waals surface area (Å²) < 4.78 is 5.36. The number of nitrogens with one attached hydrogen (secondary N) is 2.